The van der Waals surface area contributed by atoms with E-state index in [1.807, 2.05) is 13.8 Å². The molecule has 0 bridgehead atoms. The molecule has 0 saturated heterocycles. The molecule has 3 rings (SSSR count). The molecule has 0 saturated carbocycles. The molecule has 1 amide bonds. The number of carbonyl (C=O) groups excluding carboxylic acids is 1. The number of hydrogen-bond acceptors (Lipinski definition) is 5. The van der Waals surface area contributed by atoms with Crippen molar-refractivity contribution in [1.82, 2.24) is 19.6 Å². The summed E-state index contributed by atoms with van der Waals surface area (Å²) in [7, 11) is 0. The van der Waals surface area contributed by atoms with E-state index >= 15 is 0 Å². The van der Waals surface area contributed by atoms with Gasteiger partial charge in [-0.1, -0.05) is 29.3 Å². The van der Waals surface area contributed by atoms with E-state index in [9.17, 15) is 14.9 Å². The van der Waals surface area contributed by atoms with Crippen LogP contribution < -0.4 is 5.32 Å². The third-order valence-corrected chi connectivity index (χ3v) is 6.02. The van der Waals surface area contributed by atoms with Crippen LogP contribution in [0.4, 0.5) is 11.4 Å². The predicted molar refractivity (Wildman–Crippen MR) is 123 cm³/mol. The molecule has 0 unspecified atom stereocenters. The maximum absolute atomic E-state index is 12.5. The fourth-order valence-electron chi connectivity index (χ4n) is 3.63. The highest BCUT2D eigenvalue weighted by Gasteiger charge is 2.22. The zero-order chi connectivity index (χ0) is 23.6. The number of anilines is 1. The SMILES string of the molecule is Cc1nn(Cc2c(Cl)cccc2Cl)c(C)c1NC(=O)CCCn1nc(C)c([N+](=O)[O-])c1C. The van der Waals surface area contributed by atoms with Crippen molar-refractivity contribution in [3.8, 4) is 0 Å². The molecule has 0 atom stereocenters. The van der Waals surface area contributed by atoms with E-state index in [0.29, 0.717) is 52.3 Å². The van der Waals surface area contributed by atoms with E-state index < -0.39 is 4.92 Å². The first-order valence-electron chi connectivity index (χ1n) is 10.0. The number of aryl methyl sites for hydroxylation is 3. The Morgan fingerprint density at radius 3 is 2.28 bits per heavy atom. The lowest BCUT2D eigenvalue weighted by atomic mass is 10.2. The third-order valence-electron chi connectivity index (χ3n) is 5.32. The molecule has 0 aliphatic rings. The second kappa shape index (κ2) is 9.70. The third kappa shape index (κ3) is 4.94. The van der Waals surface area contributed by atoms with Crippen molar-refractivity contribution in [2.75, 3.05) is 5.32 Å². The van der Waals surface area contributed by atoms with Gasteiger partial charge in [0.2, 0.25) is 5.91 Å². The van der Waals surface area contributed by atoms with Gasteiger partial charge in [0.05, 0.1) is 28.5 Å². The quantitative estimate of drug-likeness (QED) is 0.362. The van der Waals surface area contributed by atoms with Gasteiger partial charge in [0, 0.05) is 28.6 Å². The number of hydrogen-bond donors (Lipinski definition) is 1. The average Bonchev–Trinajstić information content (AvgIpc) is 3.14. The fraction of sp³-hybridized carbons (Fsp3) is 0.381. The van der Waals surface area contributed by atoms with E-state index in [4.69, 9.17) is 23.2 Å². The Kier molecular flexibility index (Phi) is 7.20. The van der Waals surface area contributed by atoms with Gasteiger partial charge in [-0.2, -0.15) is 10.2 Å². The number of carbonyl (C=O) groups is 1. The monoisotopic (exact) mass is 478 g/mol. The molecular weight excluding hydrogens is 455 g/mol. The molecule has 2 aromatic heterocycles. The lowest BCUT2D eigenvalue weighted by molar-refractivity contribution is -0.386. The van der Waals surface area contributed by atoms with Crippen molar-refractivity contribution in [2.45, 2.75) is 53.6 Å². The number of nitro groups is 1. The standard InChI is InChI=1S/C21H24Cl2N6O3/c1-12-20(14(3)28(25-12)11-16-17(22)7-5-8-18(16)23)24-19(30)9-6-10-27-15(4)21(29(31)32)13(2)26-27/h5,7-8H,6,9-11H2,1-4H3,(H,24,30). The number of nitrogens with zero attached hydrogens (tertiary/aromatic N) is 5. The molecule has 1 N–H and O–H groups in total. The Hall–Kier alpha value is -2.91. The fourth-order valence-corrected chi connectivity index (χ4v) is 4.14. The van der Waals surface area contributed by atoms with E-state index in [2.05, 4.69) is 15.5 Å². The van der Waals surface area contributed by atoms with Crippen LogP contribution in [0.2, 0.25) is 10.0 Å². The van der Waals surface area contributed by atoms with Crippen LogP contribution in [0.1, 0.15) is 41.2 Å². The lowest BCUT2D eigenvalue weighted by Crippen LogP contribution is -2.14. The van der Waals surface area contributed by atoms with Gasteiger partial charge in [0.25, 0.3) is 0 Å². The Labute approximate surface area is 195 Å². The van der Waals surface area contributed by atoms with Gasteiger partial charge in [0.15, 0.2) is 0 Å². The molecular formula is C21H24Cl2N6O3. The topological polar surface area (TPSA) is 108 Å². The summed E-state index contributed by atoms with van der Waals surface area (Å²) in [5.74, 6) is -0.164. The predicted octanol–water partition coefficient (Wildman–Crippen LogP) is 5.00. The average molecular weight is 479 g/mol. The lowest BCUT2D eigenvalue weighted by Gasteiger charge is -2.10. The summed E-state index contributed by atoms with van der Waals surface area (Å²) >= 11 is 12.5. The Balaban J connectivity index is 1.64. The molecule has 9 nitrogen and oxygen atoms in total. The van der Waals surface area contributed by atoms with Crippen LogP contribution in [0.3, 0.4) is 0 Å². The van der Waals surface area contributed by atoms with Gasteiger partial charge < -0.3 is 5.32 Å². The zero-order valence-corrected chi connectivity index (χ0v) is 19.8. The molecule has 32 heavy (non-hydrogen) atoms. The van der Waals surface area contributed by atoms with E-state index in [1.54, 1.807) is 41.4 Å². The normalized spacial score (nSPS) is 11.1. The van der Waals surface area contributed by atoms with Crippen LogP contribution in [-0.2, 0) is 17.9 Å². The van der Waals surface area contributed by atoms with E-state index in [-0.39, 0.29) is 18.0 Å². The van der Waals surface area contributed by atoms with Gasteiger partial charge >= 0.3 is 5.69 Å². The first-order chi connectivity index (χ1) is 15.1. The van der Waals surface area contributed by atoms with Crippen molar-refractivity contribution in [3.63, 3.8) is 0 Å². The number of halogens is 2. The maximum atomic E-state index is 12.5. The molecule has 2 heterocycles. The molecule has 0 aliphatic carbocycles. The Morgan fingerprint density at radius 1 is 1.06 bits per heavy atom. The van der Waals surface area contributed by atoms with Crippen LogP contribution in [0.25, 0.3) is 0 Å². The highest BCUT2D eigenvalue weighted by molar-refractivity contribution is 6.35. The number of aromatic nitrogens is 4. The van der Waals surface area contributed by atoms with E-state index in [1.165, 1.54) is 0 Å². The Morgan fingerprint density at radius 2 is 1.69 bits per heavy atom. The molecule has 0 spiro atoms. The number of nitrogens with one attached hydrogen (secondary N) is 1. The maximum Gasteiger partial charge on any atom is 0.312 e. The summed E-state index contributed by atoms with van der Waals surface area (Å²) in [6, 6.07) is 5.33. The summed E-state index contributed by atoms with van der Waals surface area (Å²) in [6.45, 7) is 7.75. The minimum atomic E-state index is -0.431. The first-order valence-corrected chi connectivity index (χ1v) is 10.8. The minimum absolute atomic E-state index is 0.0201. The summed E-state index contributed by atoms with van der Waals surface area (Å²) in [4.78, 5) is 23.2. The molecule has 0 fully saturated rings. The molecule has 11 heteroatoms. The summed E-state index contributed by atoms with van der Waals surface area (Å²) in [5, 5.41) is 23.9. The molecule has 1 aromatic carbocycles. The number of rotatable bonds is 8. The van der Waals surface area contributed by atoms with Gasteiger partial charge in [0.1, 0.15) is 11.4 Å². The molecule has 0 radical (unpaired) electrons. The summed E-state index contributed by atoms with van der Waals surface area (Å²) in [6.07, 6.45) is 0.735. The van der Waals surface area contributed by atoms with Gasteiger partial charge in [-0.15, -0.1) is 0 Å². The van der Waals surface area contributed by atoms with Crippen LogP contribution in [0.5, 0.6) is 0 Å². The minimum Gasteiger partial charge on any atom is -0.323 e. The van der Waals surface area contributed by atoms with Crippen molar-refractivity contribution in [3.05, 3.63) is 66.7 Å². The number of amides is 1. The van der Waals surface area contributed by atoms with E-state index in [0.717, 1.165) is 11.3 Å². The molecule has 0 aliphatic heterocycles. The smallest absolute Gasteiger partial charge is 0.312 e. The van der Waals surface area contributed by atoms with Gasteiger partial charge in [-0.3, -0.25) is 24.3 Å². The molecule has 170 valence electrons. The van der Waals surface area contributed by atoms with Crippen molar-refractivity contribution < 1.29 is 9.72 Å². The highest BCUT2D eigenvalue weighted by Crippen LogP contribution is 2.28. The van der Waals surface area contributed by atoms with Crippen LogP contribution in [0, 0.1) is 37.8 Å². The second-order valence-corrected chi connectivity index (χ2v) is 8.37. The van der Waals surface area contributed by atoms with Crippen molar-refractivity contribution in [2.24, 2.45) is 0 Å². The van der Waals surface area contributed by atoms with Crippen molar-refractivity contribution in [1.29, 1.82) is 0 Å². The van der Waals surface area contributed by atoms with Crippen molar-refractivity contribution >= 4 is 40.5 Å². The van der Waals surface area contributed by atoms with Crippen LogP contribution in [-0.4, -0.2) is 30.4 Å². The zero-order valence-electron chi connectivity index (χ0n) is 18.3. The van der Waals surface area contributed by atoms with Crippen LogP contribution in [0.15, 0.2) is 18.2 Å². The Bertz CT molecular complexity index is 1160. The highest BCUT2D eigenvalue weighted by atomic mass is 35.5. The summed E-state index contributed by atoms with van der Waals surface area (Å²) < 4.78 is 3.33. The largest absolute Gasteiger partial charge is 0.323 e. The second-order valence-electron chi connectivity index (χ2n) is 7.56. The summed E-state index contributed by atoms with van der Waals surface area (Å²) in [5.41, 5.74) is 3.77. The first kappa shape index (κ1) is 23.7. The van der Waals surface area contributed by atoms with Crippen LogP contribution >= 0.6 is 23.2 Å². The van der Waals surface area contributed by atoms with Gasteiger partial charge in [-0.05, 0) is 46.2 Å². The van der Waals surface area contributed by atoms with Gasteiger partial charge in [-0.25, -0.2) is 0 Å². The molecule has 3 aromatic rings. The number of benzene rings is 1.